The van der Waals surface area contributed by atoms with Crippen molar-refractivity contribution < 1.29 is 4.79 Å². The van der Waals surface area contributed by atoms with Crippen molar-refractivity contribution in [3.63, 3.8) is 0 Å². The lowest BCUT2D eigenvalue weighted by Crippen LogP contribution is -2.36. The molecule has 2 aliphatic carbocycles. The number of nitrogens with one attached hydrogen (secondary N) is 2. The SMILES string of the molecule is CC(C)(C)C1CCc2c(sc3nc(CCC(=O)NC4CCCCC4)[nH]c(=O)c23)C1. The summed E-state index contributed by atoms with van der Waals surface area (Å²) in [5, 5.41) is 3.93. The maximum atomic E-state index is 12.8. The van der Waals surface area contributed by atoms with E-state index in [4.69, 9.17) is 4.98 Å². The fraction of sp³-hybridized carbons (Fsp3) is 0.696. The van der Waals surface area contributed by atoms with Crippen LogP contribution in [0.25, 0.3) is 10.2 Å². The van der Waals surface area contributed by atoms with Crippen molar-refractivity contribution >= 4 is 27.5 Å². The quantitative estimate of drug-likeness (QED) is 0.771. The molecular formula is C23H33N3O2S. The van der Waals surface area contributed by atoms with Gasteiger partial charge in [-0.05, 0) is 49.0 Å². The van der Waals surface area contributed by atoms with E-state index in [1.807, 2.05) is 0 Å². The lowest BCUT2D eigenvalue weighted by Gasteiger charge is -2.33. The first-order valence-corrected chi connectivity index (χ1v) is 12.0. The van der Waals surface area contributed by atoms with E-state index in [-0.39, 0.29) is 16.9 Å². The maximum absolute atomic E-state index is 12.8. The van der Waals surface area contributed by atoms with Gasteiger partial charge in [-0.25, -0.2) is 4.98 Å². The van der Waals surface area contributed by atoms with E-state index >= 15 is 0 Å². The van der Waals surface area contributed by atoms with E-state index in [0.29, 0.717) is 30.6 Å². The monoisotopic (exact) mass is 415 g/mol. The van der Waals surface area contributed by atoms with Gasteiger partial charge >= 0.3 is 0 Å². The normalized spacial score (nSPS) is 20.6. The number of hydrogen-bond donors (Lipinski definition) is 2. The molecule has 2 N–H and O–H groups in total. The first kappa shape index (κ1) is 20.6. The van der Waals surface area contributed by atoms with Crippen molar-refractivity contribution in [2.45, 2.75) is 91.0 Å². The van der Waals surface area contributed by atoms with Crippen LogP contribution in [0.4, 0.5) is 0 Å². The Bertz CT molecular complexity index is 947. The zero-order valence-electron chi connectivity index (χ0n) is 17.9. The van der Waals surface area contributed by atoms with Gasteiger partial charge in [-0.2, -0.15) is 0 Å². The average molecular weight is 416 g/mol. The Morgan fingerprint density at radius 1 is 1.21 bits per heavy atom. The summed E-state index contributed by atoms with van der Waals surface area (Å²) in [5.41, 5.74) is 1.45. The number of carbonyl (C=O) groups excluding carboxylic acids is 1. The third-order valence-electron chi connectivity index (χ3n) is 6.75. The van der Waals surface area contributed by atoms with Gasteiger partial charge in [0.1, 0.15) is 10.7 Å². The van der Waals surface area contributed by atoms with Crippen LogP contribution in [0.2, 0.25) is 0 Å². The van der Waals surface area contributed by atoms with Gasteiger partial charge < -0.3 is 10.3 Å². The van der Waals surface area contributed by atoms with E-state index in [1.165, 1.54) is 29.7 Å². The number of hydrogen-bond acceptors (Lipinski definition) is 4. The molecule has 0 bridgehead atoms. The zero-order chi connectivity index (χ0) is 20.6. The lowest BCUT2D eigenvalue weighted by molar-refractivity contribution is -0.122. The van der Waals surface area contributed by atoms with E-state index in [1.54, 1.807) is 11.3 Å². The molecule has 1 saturated carbocycles. The highest BCUT2D eigenvalue weighted by molar-refractivity contribution is 7.18. The lowest BCUT2D eigenvalue weighted by atomic mass is 9.72. The van der Waals surface area contributed by atoms with E-state index in [2.05, 4.69) is 31.1 Å². The molecule has 0 radical (unpaired) electrons. The summed E-state index contributed by atoms with van der Waals surface area (Å²) >= 11 is 1.68. The molecule has 2 aliphatic rings. The summed E-state index contributed by atoms with van der Waals surface area (Å²) in [6.45, 7) is 6.91. The Morgan fingerprint density at radius 2 is 1.97 bits per heavy atom. The Balaban J connectivity index is 1.46. The van der Waals surface area contributed by atoms with Crippen LogP contribution in [0, 0.1) is 11.3 Å². The third kappa shape index (κ3) is 4.57. The van der Waals surface area contributed by atoms with Crippen molar-refractivity contribution in [2.75, 3.05) is 0 Å². The van der Waals surface area contributed by atoms with Crippen LogP contribution in [0.1, 0.15) is 82.0 Å². The fourth-order valence-corrected chi connectivity index (χ4v) is 6.18. The van der Waals surface area contributed by atoms with Gasteiger partial charge in [-0.15, -0.1) is 11.3 Å². The molecule has 158 valence electrons. The summed E-state index contributed by atoms with van der Waals surface area (Å²) in [4.78, 5) is 34.9. The molecule has 2 aromatic rings. The summed E-state index contributed by atoms with van der Waals surface area (Å²) in [6, 6.07) is 0.325. The molecule has 2 aromatic heterocycles. The molecule has 1 fully saturated rings. The molecule has 29 heavy (non-hydrogen) atoms. The van der Waals surface area contributed by atoms with Crippen molar-refractivity contribution in [2.24, 2.45) is 11.3 Å². The van der Waals surface area contributed by atoms with Gasteiger partial charge in [0, 0.05) is 23.8 Å². The fourth-order valence-electron chi connectivity index (χ4n) is 4.86. The molecule has 0 saturated heterocycles. The minimum absolute atomic E-state index is 0.0376. The zero-order valence-corrected chi connectivity index (χ0v) is 18.7. The summed E-state index contributed by atoms with van der Waals surface area (Å²) in [7, 11) is 0. The molecular weight excluding hydrogens is 382 g/mol. The smallest absolute Gasteiger partial charge is 0.259 e. The van der Waals surface area contributed by atoms with Crippen LogP contribution < -0.4 is 10.9 Å². The minimum Gasteiger partial charge on any atom is -0.353 e. The van der Waals surface area contributed by atoms with E-state index in [9.17, 15) is 9.59 Å². The van der Waals surface area contributed by atoms with Gasteiger partial charge in [0.25, 0.3) is 5.56 Å². The van der Waals surface area contributed by atoms with Crippen LogP contribution in [-0.2, 0) is 24.1 Å². The molecule has 1 atom stereocenters. The highest BCUT2D eigenvalue weighted by Crippen LogP contribution is 2.41. The Labute approximate surface area is 176 Å². The number of aryl methyl sites for hydroxylation is 2. The predicted octanol–water partition coefficient (Wildman–Crippen LogP) is 4.52. The van der Waals surface area contributed by atoms with Gasteiger partial charge in [-0.1, -0.05) is 40.0 Å². The molecule has 5 nitrogen and oxygen atoms in total. The van der Waals surface area contributed by atoms with Crippen LogP contribution in [0.15, 0.2) is 4.79 Å². The Morgan fingerprint density at radius 3 is 2.69 bits per heavy atom. The summed E-state index contributed by atoms with van der Waals surface area (Å²) in [6.07, 6.45) is 9.85. The van der Waals surface area contributed by atoms with Crippen LogP contribution >= 0.6 is 11.3 Å². The van der Waals surface area contributed by atoms with E-state index < -0.39 is 0 Å². The van der Waals surface area contributed by atoms with Crippen molar-refractivity contribution in [1.29, 1.82) is 0 Å². The second-order valence-corrected chi connectivity index (χ2v) is 11.0. The number of amides is 1. The minimum atomic E-state index is -0.0376. The molecule has 0 aromatic carbocycles. The van der Waals surface area contributed by atoms with Crippen molar-refractivity contribution in [3.05, 3.63) is 26.6 Å². The average Bonchev–Trinajstić information content (AvgIpc) is 3.04. The molecule has 0 aliphatic heterocycles. The number of carbonyl (C=O) groups is 1. The van der Waals surface area contributed by atoms with Crippen molar-refractivity contribution in [1.82, 2.24) is 15.3 Å². The molecule has 1 amide bonds. The van der Waals surface area contributed by atoms with Crippen LogP contribution in [0.5, 0.6) is 0 Å². The third-order valence-corrected chi connectivity index (χ3v) is 7.90. The Kier molecular flexibility index (Phi) is 5.83. The molecule has 6 heteroatoms. The van der Waals surface area contributed by atoms with Crippen LogP contribution in [-0.4, -0.2) is 21.9 Å². The number of nitrogens with zero attached hydrogens (tertiary/aromatic N) is 1. The van der Waals surface area contributed by atoms with Gasteiger partial charge in [0.15, 0.2) is 0 Å². The first-order chi connectivity index (χ1) is 13.8. The van der Waals surface area contributed by atoms with Gasteiger partial charge in [0.05, 0.1) is 5.39 Å². The second kappa shape index (κ2) is 8.21. The summed E-state index contributed by atoms with van der Waals surface area (Å²) in [5.74, 6) is 1.34. The number of thiophene rings is 1. The topological polar surface area (TPSA) is 74.8 Å². The molecule has 0 spiro atoms. The van der Waals surface area contributed by atoms with E-state index in [0.717, 1.165) is 42.3 Å². The van der Waals surface area contributed by atoms with Crippen molar-refractivity contribution in [3.8, 4) is 0 Å². The molecule has 1 unspecified atom stereocenters. The first-order valence-electron chi connectivity index (χ1n) is 11.1. The number of rotatable bonds is 4. The number of aromatic nitrogens is 2. The Hall–Kier alpha value is -1.69. The van der Waals surface area contributed by atoms with Gasteiger partial charge in [-0.3, -0.25) is 9.59 Å². The summed E-state index contributed by atoms with van der Waals surface area (Å²) < 4.78 is 0. The van der Waals surface area contributed by atoms with Gasteiger partial charge in [0.2, 0.25) is 5.91 Å². The second-order valence-electron chi connectivity index (χ2n) is 9.90. The number of H-pyrrole nitrogens is 1. The standard InChI is InChI=1S/C23H33N3O2S/c1-23(2,3)14-9-10-16-17(13-14)29-22-20(16)21(28)25-18(26-22)11-12-19(27)24-15-7-5-4-6-8-15/h14-15H,4-13H2,1-3H3,(H,24,27)(H,25,26,28). The molecule has 2 heterocycles. The number of fused-ring (bicyclic) bond motifs is 3. The largest absolute Gasteiger partial charge is 0.353 e. The highest BCUT2D eigenvalue weighted by atomic mass is 32.1. The predicted molar refractivity (Wildman–Crippen MR) is 119 cm³/mol. The van der Waals surface area contributed by atoms with Crippen LogP contribution in [0.3, 0.4) is 0 Å². The highest BCUT2D eigenvalue weighted by Gasteiger charge is 2.31. The molecule has 4 rings (SSSR count). The maximum Gasteiger partial charge on any atom is 0.259 e. The number of aromatic amines is 1.